The SMILES string of the molecule is COC(=O)C[C@H](NC(=O)C1=CC(C)C(C)N(CC2CCCCC2)C1=O)C(=O)OC. The van der Waals surface area contributed by atoms with Crippen LogP contribution in [0.5, 0.6) is 0 Å². The summed E-state index contributed by atoms with van der Waals surface area (Å²) < 4.78 is 9.22. The standard InChI is InChI=1S/C21H32N2O6/c1-13-10-16(19(25)22-17(21(27)29-4)11-18(24)28-3)20(26)23(14(13)2)12-15-8-6-5-7-9-15/h10,13-15,17H,5-9,11-12H2,1-4H3,(H,22,25)/t13?,14?,17-/m0/s1. The van der Waals surface area contributed by atoms with E-state index < -0.39 is 23.9 Å². The van der Waals surface area contributed by atoms with Crippen LogP contribution >= 0.6 is 0 Å². The largest absolute Gasteiger partial charge is 0.469 e. The molecule has 1 N–H and O–H groups in total. The van der Waals surface area contributed by atoms with Crippen LogP contribution in [0.4, 0.5) is 0 Å². The molecule has 1 saturated carbocycles. The molecule has 0 saturated heterocycles. The highest BCUT2D eigenvalue weighted by Crippen LogP contribution is 2.29. The Kier molecular flexibility index (Phi) is 8.22. The zero-order chi connectivity index (χ0) is 21.6. The van der Waals surface area contributed by atoms with Crippen LogP contribution in [0.25, 0.3) is 0 Å². The summed E-state index contributed by atoms with van der Waals surface area (Å²) in [6.45, 7) is 4.59. The lowest BCUT2D eigenvalue weighted by Crippen LogP contribution is -2.52. The van der Waals surface area contributed by atoms with Gasteiger partial charge in [-0.05, 0) is 31.6 Å². The van der Waals surface area contributed by atoms with Crippen LogP contribution in [0.15, 0.2) is 11.6 Å². The van der Waals surface area contributed by atoms with Crippen molar-refractivity contribution in [2.75, 3.05) is 20.8 Å². The van der Waals surface area contributed by atoms with E-state index in [-0.39, 0.29) is 29.9 Å². The molecule has 0 aromatic heterocycles. The number of hydrogen-bond donors (Lipinski definition) is 1. The van der Waals surface area contributed by atoms with Gasteiger partial charge in [0.1, 0.15) is 11.6 Å². The molecule has 1 aliphatic heterocycles. The first kappa shape index (κ1) is 22.9. The van der Waals surface area contributed by atoms with Crippen LogP contribution in [0.2, 0.25) is 0 Å². The molecule has 162 valence electrons. The monoisotopic (exact) mass is 408 g/mol. The molecule has 2 aliphatic rings. The Bertz CT molecular complexity index is 668. The van der Waals surface area contributed by atoms with Crippen LogP contribution < -0.4 is 5.32 Å². The Labute approximate surface area is 172 Å². The Morgan fingerprint density at radius 1 is 1.14 bits per heavy atom. The summed E-state index contributed by atoms with van der Waals surface area (Å²) in [6.07, 6.45) is 7.06. The maximum atomic E-state index is 13.1. The third-order valence-electron chi connectivity index (χ3n) is 5.99. The second kappa shape index (κ2) is 10.4. The number of ether oxygens (including phenoxy) is 2. The van der Waals surface area contributed by atoms with Gasteiger partial charge in [0.15, 0.2) is 0 Å². The molecule has 1 fully saturated rings. The molecule has 8 heteroatoms. The van der Waals surface area contributed by atoms with Crippen molar-refractivity contribution in [3.8, 4) is 0 Å². The van der Waals surface area contributed by atoms with Crippen molar-refractivity contribution in [1.29, 1.82) is 0 Å². The van der Waals surface area contributed by atoms with E-state index in [9.17, 15) is 19.2 Å². The van der Waals surface area contributed by atoms with Crippen molar-refractivity contribution < 1.29 is 28.7 Å². The number of amides is 2. The van der Waals surface area contributed by atoms with E-state index >= 15 is 0 Å². The van der Waals surface area contributed by atoms with E-state index in [1.165, 1.54) is 33.5 Å². The highest BCUT2D eigenvalue weighted by Gasteiger charge is 2.37. The predicted octanol–water partition coefficient (Wildman–Crippen LogP) is 1.58. The topological polar surface area (TPSA) is 102 Å². The van der Waals surface area contributed by atoms with Gasteiger partial charge in [-0.15, -0.1) is 0 Å². The predicted molar refractivity (Wildman–Crippen MR) is 106 cm³/mol. The minimum absolute atomic E-state index is 0.00479. The number of carbonyl (C=O) groups is 4. The van der Waals surface area contributed by atoms with Crippen molar-refractivity contribution in [3.05, 3.63) is 11.6 Å². The molecule has 0 aromatic carbocycles. The molecule has 2 amide bonds. The van der Waals surface area contributed by atoms with Crippen molar-refractivity contribution in [2.24, 2.45) is 11.8 Å². The molecule has 0 bridgehead atoms. The second-order valence-corrected chi connectivity index (χ2v) is 7.97. The first-order chi connectivity index (χ1) is 13.8. The first-order valence-electron chi connectivity index (χ1n) is 10.3. The van der Waals surface area contributed by atoms with Crippen molar-refractivity contribution in [3.63, 3.8) is 0 Å². The molecule has 1 heterocycles. The van der Waals surface area contributed by atoms with Crippen LogP contribution in [0.1, 0.15) is 52.4 Å². The Morgan fingerprint density at radius 3 is 2.38 bits per heavy atom. The molecule has 0 spiro atoms. The lowest BCUT2D eigenvalue weighted by molar-refractivity contribution is -0.150. The van der Waals surface area contributed by atoms with Crippen LogP contribution in [0, 0.1) is 11.8 Å². The molecule has 3 atom stereocenters. The van der Waals surface area contributed by atoms with E-state index in [1.54, 1.807) is 11.0 Å². The third kappa shape index (κ3) is 5.81. The summed E-state index contributed by atoms with van der Waals surface area (Å²) >= 11 is 0. The van der Waals surface area contributed by atoms with Gasteiger partial charge in [0.25, 0.3) is 11.8 Å². The normalized spacial score (nSPS) is 23.8. The number of rotatable bonds is 7. The van der Waals surface area contributed by atoms with E-state index in [1.807, 2.05) is 13.8 Å². The van der Waals surface area contributed by atoms with Gasteiger partial charge in [-0.2, -0.15) is 0 Å². The average Bonchev–Trinajstić information content (AvgIpc) is 2.73. The molecular weight excluding hydrogens is 376 g/mol. The number of hydrogen-bond acceptors (Lipinski definition) is 6. The summed E-state index contributed by atoms with van der Waals surface area (Å²) in [4.78, 5) is 51.2. The second-order valence-electron chi connectivity index (χ2n) is 7.97. The molecule has 0 aromatic rings. The van der Waals surface area contributed by atoms with Gasteiger partial charge in [-0.3, -0.25) is 14.4 Å². The quantitative estimate of drug-likeness (QED) is 0.507. The van der Waals surface area contributed by atoms with Gasteiger partial charge >= 0.3 is 11.9 Å². The molecule has 0 radical (unpaired) electrons. The zero-order valence-electron chi connectivity index (χ0n) is 17.7. The smallest absolute Gasteiger partial charge is 0.328 e. The van der Waals surface area contributed by atoms with E-state index in [2.05, 4.69) is 14.8 Å². The Morgan fingerprint density at radius 2 is 1.79 bits per heavy atom. The van der Waals surface area contributed by atoms with Gasteiger partial charge in [0.2, 0.25) is 0 Å². The summed E-state index contributed by atoms with van der Waals surface area (Å²) in [6, 6.07) is -1.22. The number of nitrogens with zero attached hydrogens (tertiary/aromatic N) is 1. The van der Waals surface area contributed by atoms with Crippen molar-refractivity contribution >= 4 is 23.8 Å². The number of nitrogens with one attached hydrogen (secondary N) is 1. The van der Waals surface area contributed by atoms with Crippen molar-refractivity contribution in [1.82, 2.24) is 10.2 Å². The highest BCUT2D eigenvalue weighted by atomic mass is 16.5. The molecular formula is C21H32N2O6. The van der Waals surface area contributed by atoms with Gasteiger partial charge in [-0.25, -0.2) is 4.79 Å². The number of methoxy groups -OCH3 is 2. The van der Waals surface area contributed by atoms with E-state index in [0.717, 1.165) is 12.8 Å². The summed E-state index contributed by atoms with van der Waals surface area (Å²) in [5, 5.41) is 2.46. The Balaban J connectivity index is 2.14. The molecule has 8 nitrogen and oxygen atoms in total. The Hall–Kier alpha value is -2.38. The fraction of sp³-hybridized carbons (Fsp3) is 0.714. The fourth-order valence-electron chi connectivity index (χ4n) is 3.99. The van der Waals surface area contributed by atoms with Gasteiger partial charge in [0.05, 0.1) is 20.6 Å². The van der Waals surface area contributed by atoms with Crippen LogP contribution in [-0.4, -0.2) is 61.5 Å². The molecule has 29 heavy (non-hydrogen) atoms. The summed E-state index contributed by atoms with van der Waals surface area (Å²) in [5.41, 5.74) is 0.00479. The maximum Gasteiger partial charge on any atom is 0.328 e. The number of carbonyl (C=O) groups excluding carboxylic acids is 4. The van der Waals surface area contributed by atoms with Gasteiger partial charge in [-0.1, -0.05) is 32.3 Å². The zero-order valence-corrected chi connectivity index (χ0v) is 17.7. The number of esters is 2. The lowest BCUT2D eigenvalue weighted by atomic mass is 9.86. The van der Waals surface area contributed by atoms with Gasteiger partial charge < -0.3 is 19.7 Å². The lowest BCUT2D eigenvalue weighted by Gasteiger charge is -2.39. The van der Waals surface area contributed by atoms with E-state index in [4.69, 9.17) is 0 Å². The van der Waals surface area contributed by atoms with Crippen LogP contribution in [-0.2, 0) is 28.7 Å². The minimum Gasteiger partial charge on any atom is -0.469 e. The minimum atomic E-state index is -1.21. The van der Waals surface area contributed by atoms with Crippen LogP contribution in [0.3, 0.4) is 0 Å². The summed E-state index contributed by atoms with van der Waals surface area (Å²) in [7, 11) is 2.36. The molecule has 2 rings (SSSR count). The molecule has 2 unspecified atom stereocenters. The summed E-state index contributed by atoms with van der Waals surface area (Å²) in [5.74, 6) is -2.00. The average molecular weight is 408 g/mol. The highest BCUT2D eigenvalue weighted by molar-refractivity contribution is 6.19. The molecule has 1 aliphatic carbocycles. The van der Waals surface area contributed by atoms with Crippen molar-refractivity contribution in [2.45, 2.75) is 64.5 Å². The maximum absolute atomic E-state index is 13.1. The third-order valence-corrected chi connectivity index (χ3v) is 5.99. The first-order valence-corrected chi connectivity index (χ1v) is 10.3. The van der Waals surface area contributed by atoms with Gasteiger partial charge in [0, 0.05) is 12.6 Å². The van der Waals surface area contributed by atoms with E-state index in [0.29, 0.717) is 12.5 Å². The fourth-order valence-corrected chi connectivity index (χ4v) is 3.99.